The number of carbonyl (C=O) groups is 2. The Kier molecular flexibility index (Phi) is 4.99. The molecule has 1 aliphatic rings. The van der Waals surface area contributed by atoms with Crippen LogP contribution >= 0.6 is 0 Å². The molecule has 0 aromatic heterocycles. The summed E-state index contributed by atoms with van der Waals surface area (Å²) < 4.78 is 31.9. The highest BCUT2D eigenvalue weighted by Crippen LogP contribution is 2.29. The van der Waals surface area contributed by atoms with E-state index in [4.69, 9.17) is 4.74 Å². The normalized spacial score (nSPS) is 20.5. The van der Waals surface area contributed by atoms with E-state index in [1.54, 1.807) is 20.8 Å². The molecule has 1 amide bonds. The number of nitrogens with one attached hydrogen (secondary N) is 1. The van der Waals surface area contributed by atoms with Crippen LogP contribution in [0.4, 0.5) is 8.78 Å². The van der Waals surface area contributed by atoms with Gasteiger partial charge < -0.3 is 15.0 Å². The summed E-state index contributed by atoms with van der Waals surface area (Å²) in [6, 6.07) is 2.45. The van der Waals surface area contributed by atoms with E-state index in [0.29, 0.717) is 5.56 Å². The predicted molar refractivity (Wildman–Crippen MR) is 79.5 cm³/mol. The molecule has 1 atom stereocenters. The first-order chi connectivity index (χ1) is 10.7. The van der Waals surface area contributed by atoms with Crippen molar-refractivity contribution in [2.24, 2.45) is 0 Å². The van der Waals surface area contributed by atoms with Crippen molar-refractivity contribution in [1.29, 1.82) is 0 Å². The summed E-state index contributed by atoms with van der Waals surface area (Å²) in [5.74, 6) is -2.34. The Morgan fingerprint density at radius 2 is 1.96 bits per heavy atom. The lowest BCUT2D eigenvalue weighted by Crippen LogP contribution is -2.63. The van der Waals surface area contributed by atoms with Gasteiger partial charge in [0.15, 0.2) is 0 Å². The Labute approximate surface area is 133 Å². The highest BCUT2D eigenvalue weighted by Gasteiger charge is 2.42. The van der Waals surface area contributed by atoms with Crippen LogP contribution in [-0.2, 0) is 14.3 Å². The summed E-state index contributed by atoms with van der Waals surface area (Å²) in [6.07, 6.45) is 0. The molecule has 1 aliphatic heterocycles. The number of ether oxygens (including phenoxy) is 1. The third-order valence-corrected chi connectivity index (χ3v) is 3.78. The first kappa shape index (κ1) is 17.3. The molecule has 5 nitrogen and oxygen atoms in total. The van der Waals surface area contributed by atoms with Gasteiger partial charge >= 0.3 is 5.97 Å². The van der Waals surface area contributed by atoms with E-state index in [1.165, 1.54) is 17.0 Å². The second-order valence-electron chi connectivity index (χ2n) is 5.96. The maximum Gasteiger partial charge on any atom is 0.325 e. The minimum absolute atomic E-state index is 0.196. The number of hydrogen-bond donors (Lipinski definition) is 1. The highest BCUT2D eigenvalue weighted by molar-refractivity contribution is 5.89. The van der Waals surface area contributed by atoms with E-state index >= 15 is 0 Å². The van der Waals surface area contributed by atoms with Gasteiger partial charge in [0.1, 0.15) is 18.2 Å². The summed E-state index contributed by atoms with van der Waals surface area (Å²) in [5.41, 5.74) is -0.572. The zero-order valence-electron chi connectivity index (χ0n) is 13.4. The van der Waals surface area contributed by atoms with Gasteiger partial charge in [-0.15, -0.1) is 0 Å². The summed E-state index contributed by atoms with van der Waals surface area (Å²) in [4.78, 5) is 25.7. The third kappa shape index (κ3) is 3.85. The molecule has 1 heterocycles. The fourth-order valence-electron chi connectivity index (χ4n) is 2.63. The van der Waals surface area contributed by atoms with Gasteiger partial charge in [0.05, 0.1) is 18.2 Å². The molecule has 0 radical (unpaired) electrons. The number of amides is 1. The van der Waals surface area contributed by atoms with Crippen LogP contribution in [0.3, 0.4) is 0 Å². The number of nitrogens with zero attached hydrogens (tertiary/aromatic N) is 1. The van der Waals surface area contributed by atoms with Crippen LogP contribution < -0.4 is 5.32 Å². The molecule has 1 aromatic rings. The van der Waals surface area contributed by atoms with Gasteiger partial charge in [-0.1, -0.05) is 0 Å². The molecule has 0 unspecified atom stereocenters. The van der Waals surface area contributed by atoms with Gasteiger partial charge in [-0.2, -0.15) is 0 Å². The van der Waals surface area contributed by atoms with Gasteiger partial charge in [0, 0.05) is 12.6 Å². The summed E-state index contributed by atoms with van der Waals surface area (Å²) in [7, 11) is 0. The minimum atomic E-state index is -0.866. The van der Waals surface area contributed by atoms with E-state index in [2.05, 4.69) is 5.32 Å². The van der Waals surface area contributed by atoms with Crippen molar-refractivity contribution in [2.45, 2.75) is 32.4 Å². The molecule has 2 rings (SSSR count). The highest BCUT2D eigenvalue weighted by atomic mass is 19.1. The summed E-state index contributed by atoms with van der Waals surface area (Å²) in [5, 5.41) is 3.04. The van der Waals surface area contributed by atoms with Gasteiger partial charge in [0.25, 0.3) is 0 Å². The average molecular weight is 326 g/mol. The number of carbonyl (C=O) groups excluding carboxylic acids is 2. The van der Waals surface area contributed by atoms with Gasteiger partial charge in [-0.3, -0.25) is 9.59 Å². The minimum Gasteiger partial charge on any atom is -0.465 e. The van der Waals surface area contributed by atoms with Crippen LogP contribution in [0.2, 0.25) is 0 Å². The molecule has 1 aromatic carbocycles. The van der Waals surface area contributed by atoms with Crippen molar-refractivity contribution in [3.63, 3.8) is 0 Å². The topological polar surface area (TPSA) is 58.6 Å². The summed E-state index contributed by atoms with van der Waals surface area (Å²) in [6.45, 7) is 5.26. The summed E-state index contributed by atoms with van der Waals surface area (Å²) >= 11 is 0. The van der Waals surface area contributed by atoms with Crippen molar-refractivity contribution >= 4 is 11.9 Å². The first-order valence-electron chi connectivity index (χ1n) is 7.42. The second kappa shape index (κ2) is 6.62. The number of rotatable bonds is 4. The Morgan fingerprint density at radius 3 is 2.52 bits per heavy atom. The Hall–Kier alpha value is -2.02. The Morgan fingerprint density at radius 1 is 1.35 bits per heavy atom. The Bertz CT molecular complexity index is 599. The van der Waals surface area contributed by atoms with Crippen molar-refractivity contribution in [1.82, 2.24) is 10.2 Å². The first-order valence-corrected chi connectivity index (χ1v) is 7.42. The molecule has 7 heteroatoms. The van der Waals surface area contributed by atoms with Gasteiger partial charge in [-0.05, 0) is 38.5 Å². The molecule has 0 saturated carbocycles. The van der Waals surface area contributed by atoms with Crippen molar-refractivity contribution < 1.29 is 23.1 Å². The fourth-order valence-corrected chi connectivity index (χ4v) is 2.63. The fraction of sp³-hybridized carbons (Fsp3) is 0.500. The second-order valence-corrected chi connectivity index (χ2v) is 5.96. The average Bonchev–Trinajstić information content (AvgIpc) is 2.43. The predicted octanol–water partition coefficient (Wildman–Crippen LogP) is 1.78. The number of benzene rings is 1. The molecule has 0 spiro atoms. The largest absolute Gasteiger partial charge is 0.465 e. The van der Waals surface area contributed by atoms with E-state index in [-0.39, 0.29) is 25.6 Å². The van der Waals surface area contributed by atoms with Crippen LogP contribution in [0.5, 0.6) is 0 Å². The lowest BCUT2D eigenvalue weighted by molar-refractivity contribution is -0.155. The molecule has 1 fully saturated rings. The Balaban J connectivity index is 2.34. The van der Waals surface area contributed by atoms with Crippen LogP contribution in [0.25, 0.3) is 0 Å². The molecule has 0 aliphatic carbocycles. The van der Waals surface area contributed by atoms with E-state index in [0.717, 1.165) is 6.07 Å². The lowest BCUT2D eigenvalue weighted by atomic mass is 9.94. The molecule has 1 N–H and O–H groups in total. The monoisotopic (exact) mass is 326 g/mol. The van der Waals surface area contributed by atoms with Crippen LogP contribution in [0.1, 0.15) is 32.4 Å². The van der Waals surface area contributed by atoms with Crippen LogP contribution in [-0.4, -0.2) is 42.0 Å². The molecule has 23 heavy (non-hydrogen) atoms. The SMILES string of the molecule is CCOC(=O)CN1C(=O)C(C)(C)NC[C@H]1c1cc(F)cc(F)c1. The van der Waals surface area contributed by atoms with Crippen LogP contribution in [0, 0.1) is 11.6 Å². The number of hydrogen-bond acceptors (Lipinski definition) is 4. The molecular formula is C16H20F2N2O3. The standard InChI is InChI=1S/C16H20F2N2O3/c1-4-23-14(21)9-20-13(8-19-16(2,3)15(20)22)10-5-11(17)7-12(18)6-10/h5-7,13,19H,4,8-9H2,1-3H3/t13-/m0/s1. The molecule has 1 saturated heterocycles. The quantitative estimate of drug-likeness (QED) is 0.857. The number of piperazine rings is 1. The van der Waals surface area contributed by atoms with Crippen molar-refractivity contribution in [3.8, 4) is 0 Å². The molecular weight excluding hydrogens is 306 g/mol. The zero-order valence-corrected chi connectivity index (χ0v) is 13.4. The van der Waals surface area contributed by atoms with Crippen LogP contribution in [0.15, 0.2) is 18.2 Å². The number of esters is 1. The maximum absolute atomic E-state index is 13.5. The molecule has 0 bridgehead atoms. The third-order valence-electron chi connectivity index (χ3n) is 3.78. The smallest absolute Gasteiger partial charge is 0.325 e. The molecule has 126 valence electrons. The maximum atomic E-state index is 13.5. The zero-order chi connectivity index (χ0) is 17.2. The van der Waals surface area contributed by atoms with E-state index in [1.807, 2.05) is 0 Å². The van der Waals surface area contributed by atoms with E-state index in [9.17, 15) is 18.4 Å². The van der Waals surface area contributed by atoms with Crippen molar-refractivity contribution in [2.75, 3.05) is 19.7 Å². The number of halogens is 2. The van der Waals surface area contributed by atoms with Gasteiger partial charge in [0.2, 0.25) is 5.91 Å². The van der Waals surface area contributed by atoms with Crippen molar-refractivity contribution in [3.05, 3.63) is 35.4 Å². The van der Waals surface area contributed by atoms with Gasteiger partial charge in [-0.25, -0.2) is 8.78 Å². The van der Waals surface area contributed by atoms with E-state index < -0.39 is 29.2 Å². The lowest BCUT2D eigenvalue weighted by Gasteiger charge is -2.43.